The summed E-state index contributed by atoms with van der Waals surface area (Å²) in [6, 6.07) is 9.88. The molecule has 3 aromatic heterocycles. The number of nitrogens with zero attached hydrogens (tertiary/aromatic N) is 3. The van der Waals surface area contributed by atoms with Gasteiger partial charge < -0.3 is 0 Å². The van der Waals surface area contributed by atoms with E-state index in [9.17, 15) is 9.18 Å². The third-order valence-corrected chi connectivity index (χ3v) is 6.98. The first-order chi connectivity index (χ1) is 14.2. The highest BCUT2D eigenvalue weighted by Gasteiger charge is 2.22. The fourth-order valence-electron chi connectivity index (χ4n) is 3.61. The number of nitrogens with one attached hydrogen (secondary N) is 1. The van der Waals surface area contributed by atoms with Gasteiger partial charge in [-0.15, -0.1) is 22.7 Å². The first kappa shape index (κ1) is 18.2. The van der Waals surface area contributed by atoms with Crippen molar-refractivity contribution < 1.29 is 9.18 Å². The Morgan fingerprint density at radius 1 is 1.21 bits per heavy atom. The maximum absolute atomic E-state index is 13.4. The second kappa shape index (κ2) is 7.53. The minimum absolute atomic E-state index is 0.243. The molecule has 0 saturated heterocycles. The van der Waals surface area contributed by atoms with Gasteiger partial charge in [0.2, 0.25) is 0 Å². The number of halogens is 1. The number of hydrogen-bond acceptors (Lipinski definition) is 5. The Morgan fingerprint density at radius 3 is 2.83 bits per heavy atom. The molecule has 1 aromatic carbocycles. The monoisotopic (exact) mass is 424 g/mol. The van der Waals surface area contributed by atoms with Gasteiger partial charge in [0.15, 0.2) is 4.96 Å². The van der Waals surface area contributed by atoms with E-state index in [1.165, 1.54) is 40.5 Å². The van der Waals surface area contributed by atoms with E-state index in [0.717, 1.165) is 41.2 Å². The standard InChI is InChI=1S/C21H17FN4OS2/c22-14-9-7-13(8-10-14)19-16(12-23-25-20(27)18-6-3-11-28-18)26-15-4-1-2-5-17(15)29-21(26)24-19/h3,6-12H,1-2,4-5H2,(H,25,27)/b23-12-. The number of aryl methyl sites for hydroxylation is 2. The van der Waals surface area contributed by atoms with Crippen molar-refractivity contribution in [2.45, 2.75) is 25.7 Å². The van der Waals surface area contributed by atoms with E-state index in [-0.39, 0.29) is 11.7 Å². The predicted molar refractivity (Wildman–Crippen MR) is 114 cm³/mol. The number of hydrogen-bond donors (Lipinski definition) is 1. The normalized spacial score (nSPS) is 13.8. The molecule has 0 radical (unpaired) electrons. The molecule has 1 amide bonds. The van der Waals surface area contributed by atoms with Gasteiger partial charge in [-0.2, -0.15) is 5.10 Å². The summed E-state index contributed by atoms with van der Waals surface area (Å²) in [5.41, 5.74) is 6.21. The molecule has 0 spiro atoms. The topological polar surface area (TPSA) is 58.8 Å². The Morgan fingerprint density at radius 2 is 2.03 bits per heavy atom. The molecular formula is C21H17FN4OS2. The van der Waals surface area contributed by atoms with Gasteiger partial charge in [0.1, 0.15) is 5.82 Å². The summed E-state index contributed by atoms with van der Waals surface area (Å²) in [5.74, 6) is -0.529. The summed E-state index contributed by atoms with van der Waals surface area (Å²) in [6.45, 7) is 0. The molecule has 5 rings (SSSR count). The van der Waals surface area contributed by atoms with Gasteiger partial charge in [-0.25, -0.2) is 14.8 Å². The number of thiazole rings is 1. The fourth-order valence-corrected chi connectivity index (χ4v) is 5.44. The zero-order valence-corrected chi connectivity index (χ0v) is 17.0. The van der Waals surface area contributed by atoms with Crippen LogP contribution in [0.1, 0.15) is 38.8 Å². The van der Waals surface area contributed by atoms with Crippen molar-refractivity contribution in [3.8, 4) is 11.3 Å². The number of fused-ring (bicyclic) bond motifs is 3. The highest BCUT2D eigenvalue weighted by molar-refractivity contribution is 7.17. The average molecular weight is 425 g/mol. The second-order valence-corrected chi connectivity index (χ2v) is 8.84. The van der Waals surface area contributed by atoms with E-state index >= 15 is 0 Å². The number of thiophene rings is 1. The Bertz CT molecular complexity index is 1210. The van der Waals surface area contributed by atoms with Crippen molar-refractivity contribution >= 4 is 39.8 Å². The summed E-state index contributed by atoms with van der Waals surface area (Å²) < 4.78 is 15.5. The fraction of sp³-hybridized carbons (Fsp3) is 0.190. The summed E-state index contributed by atoms with van der Waals surface area (Å²) in [5, 5.41) is 6.05. The lowest BCUT2D eigenvalue weighted by Crippen LogP contribution is -2.16. The molecule has 29 heavy (non-hydrogen) atoms. The van der Waals surface area contributed by atoms with Crippen molar-refractivity contribution in [3.05, 3.63) is 68.7 Å². The Hall–Kier alpha value is -2.84. The number of benzene rings is 1. The van der Waals surface area contributed by atoms with Crippen molar-refractivity contribution in [1.29, 1.82) is 0 Å². The van der Waals surface area contributed by atoms with Crippen LogP contribution >= 0.6 is 22.7 Å². The average Bonchev–Trinajstić information content (AvgIpc) is 3.45. The van der Waals surface area contributed by atoms with Gasteiger partial charge in [0.25, 0.3) is 5.91 Å². The van der Waals surface area contributed by atoms with Crippen LogP contribution < -0.4 is 5.43 Å². The Kier molecular flexibility index (Phi) is 4.73. The highest BCUT2D eigenvalue weighted by atomic mass is 32.1. The number of rotatable bonds is 4. The van der Waals surface area contributed by atoms with Crippen LogP contribution in [0.3, 0.4) is 0 Å². The number of hydrazone groups is 1. The van der Waals surface area contributed by atoms with E-state index in [2.05, 4.69) is 14.9 Å². The maximum Gasteiger partial charge on any atom is 0.281 e. The van der Waals surface area contributed by atoms with Crippen LogP contribution in [-0.4, -0.2) is 21.5 Å². The molecule has 0 atom stereocenters. The van der Waals surface area contributed by atoms with Crippen molar-refractivity contribution in [3.63, 3.8) is 0 Å². The van der Waals surface area contributed by atoms with Crippen molar-refractivity contribution in [2.24, 2.45) is 5.10 Å². The quantitative estimate of drug-likeness (QED) is 0.374. The van der Waals surface area contributed by atoms with E-state index in [1.54, 1.807) is 35.8 Å². The molecule has 0 saturated carbocycles. The SMILES string of the molecule is O=C(N/N=C\c1c(-c2ccc(F)cc2)nc2sc3c(n12)CCCC3)c1cccs1. The first-order valence-corrected chi connectivity index (χ1v) is 11.1. The lowest BCUT2D eigenvalue weighted by Gasteiger charge is -2.11. The number of carbonyl (C=O) groups excluding carboxylic acids is 1. The third kappa shape index (κ3) is 3.38. The molecule has 146 valence electrons. The molecule has 4 aromatic rings. The first-order valence-electron chi connectivity index (χ1n) is 9.36. The van der Waals surface area contributed by atoms with Gasteiger partial charge in [0, 0.05) is 16.1 Å². The van der Waals surface area contributed by atoms with Crippen LogP contribution in [0.25, 0.3) is 16.2 Å². The smallest absolute Gasteiger partial charge is 0.281 e. The van der Waals surface area contributed by atoms with Crippen molar-refractivity contribution in [1.82, 2.24) is 14.8 Å². The lowest BCUT2D eigenvalue weighted by atomic mass is 10.0. The maximum atomic E-state index is 13.4. The van der Waals surface area contributed by atoms with Gasteiger partial charge in [-0.05, 0) is 61.4 Å². The van der Waals surface area contributed by atoms with E-state index in [1.807, 2.05) is 11.4 Å². The predicted octanol–water partition coefficient (Wildman–Crippen LogP) is 4.91. The van der Waals surface area contributed by atoms with E-state index in [4.69, 9.17) is 4.98 Å². The summed E-state index contributed by atoms with van der Waals surface area (Å²) in [6.07, 6.45) is 6.06. The molecule has 0 aliphatic heterocycles. The van der Waals surface area contributed by atoms with Gasteiger partial charge in [-0.1, -0.05) is 6.07 Å². The van der Waals surface area contributed by atoms with Crippen LogP contribution in [-0.2, 0) is 12.8 Å². The number of carbonyl (C=O) groups is 1. The summed E-state index contributed by atoms with van der Waals surface area (Å²) in [7, 11) is 0. The Balaban J connectivity index is 1.57. The molecule has 3 heterocycles. The Labute approximate surface area is 174 Å². The number of aromatic nitrogens is 2. The van der Waals surface area contributed by atoms with Crippen molar-refractivity contribution in [2.75, 3.05) is 0 Å². The minimum atomic E-state index is -0.287. The van der Waals surface area contributed by atoms with Crippen LogP contribution in [0, 0.1) is 5.82 Å². The molecule has 8 heteroatoms. The van der Waals surface area contributed by atoms with Gasteiger partial charge in [0.05, 0.1) is 22.5 Å². The third-order valence-electron chi connectivity index (χ3n) is 4.97. The van der Waals surface area contributed by atoms with E-state index < -0.39 is 0 Å². The van der Waals surface area contributed by atoms with E-state index in [0.29, 0.717) is 4.88 Å². The highest BCUT2D eigenvalue weighted by Crippen LogP contribution is 2.34. The van der Waals surface area contributed by atoms with Gasteiger partial charge in [-0.3, -0.25) is 9.20 Å². The zero-order valence-electron chi connectivity index (χ0n) is 15.4. The molecule has 1 aliphatic carbocycles. The molecule has 1 aliphatic rings. The molecule has 5 nitrogen and oxygen atoms in total. The van der Waals surface area contributed by atoms with Crippen LogP contribution in [0.4, 0.5) is 4.39 Å². The van der Waals surface area contributed by atoms with Crippen LogP contribution in [0.15, 0.2) is 46.9 Å². The van der Waals surface area contributed by atoms with Gasteiger partial charge >= 0.3 is 0 Å². The molecular weight excluding hydrogens is 407 g/mol. The molecule has 0 fully saturated rings. The van der Waals surface area contributed by atoms with Crippen LogP contribution in [0.2, 0.25) is 0 Å². The second-order valence-electron chi connectivity index (χ2n) is 6.83. The lowest BCUT2D eigenvalue weighted by molar-refractivity contribution is 0.0959. The molecule has 1 N–H and O–H groups in total. The molecule has 0 unspecified atom stereocenters. The minimum Gasteiger partial charge on any atom is -0.285 e. The van der Waals surface area contributed by atoms with Crippen LogP contribution in [0.5, 0.6) is 0 Å². The zero-order chi connectivity index (χ0) is 19.8. The summed E-state index contributed by atoms with van der Waals surface area (Å²) in [4.78, 5) is 19.9. The summed E-state index contributed by atoms with van der Waals surface area (Å²) >= 11 is 3.07. The largest absolute Gasteiger partial charge is 0.285 e. The number of imidazole rings is 1. The number of amides is 1. The molecule has 0 bridgehead atoms.